The first kappa shape index (κ1) is 15.5. The second kappa shape index (κ2) is 5.08. The molecule has 1 aromatic carbocycles. The van der Waals surface area contributed by atoms with Gasteiger partial charge >= 0.3 is 11.9 Å². The fourth-order valence-electron chi connectivity index (χ4n) is 4.20. The topological polar surface area (TPSA) is 96.2 Å². The number of carboxylic acids is 2. The van der Waals surface area contributed by atoms with Crippen LogP contribution in [0.5, 0.6) is 5.75 Å². The van der Waals surface area contributed by atoms with E-state index in [2.05, 4.69) is 4.99 Å². The number of aliphatic carboxylic acids is 2. The summed E-state index contributed by atoms with van der Waals surface area (Å²) >= 11 is 0. The summed E-state index contributed by atoms with van der Waals surface area (Å²) in [6, 6.07) is 4.87. The first-order valence-electron chi connectivity index (χ1n) is 7.50. The van der Waals surface area contributed by atoms with E-state index < -0.39 is 35.2 Å². The zero-order valence-corrected chi connectivity index (χ0v) is 13.2. The van der Waals surface area contributed by atoms with Gasteiger partial charge in [0.25, 0.3) is 0 Å². The van der Waals surface area contributed by atoms with Gasteiger partial charge in [0.2, 0.25) is 0 Å². The average Bonchev–Trinajstić information content (AvgIpc) is 2.82. The van der Waals surface area contributed by atoms with Crippen molar-refractivity contribution in [2.24, 2.45) is 16.3 Å². The van der Waals surface area contributed by atoms with Gasteiger partial charge in [0, 0.05) is 11.6 Å². The minimum atomic E-state index is -1.22. The Hall–Kier alpha value is -2.37. The number of ether oxygens (including phenoxy) is 1. The minimum absolute atomic E-state index is 0.265. The maximum atomic E-state index is 12.2. The van der Waals surface area contributed by atoms with Crippen molar-refractivity contribution in [2.45, 2.75) is 32.2 Å². The predicted octanol–water partition coefficient (Wildman–Crippen LogP) is 1.97. The molecule has 6 heteroatoms. The molecule has 23 heavy (non-hydrogen) atoms. The molecule has 0 aromatic heterocycles. The second-order valence-corrected chi connectivity index (χ2v) is 6.33. The molecular formula is C17H19NO5. The molecule has 3 rings (SSSR count). The van der Waals surface area contributed by atoms with Crippen molar-refractivity contribution in [1.29, 1.82) is 0 Å². The highest BCUT2D eigenvalue weighted by Crippen LogP contribution is 2.57. The average molecular weight is 317 g/mol. The summed E-state index contributed by atoms with van der Waals surface area (Å²) in [6.07, 6.45) is 0.265. The van der Waals surface area contributed by atoms with Gasteiger partial charge in [-0.25, -0.2) is 0 Å². The van der Waals surface area contributed by atoms with Crippen molar-refractivity contribution < 1.29 is 24.5 Å². The molecule has 2 N–H and O–H groups in total. The fourth-order valence-corrected chi connectivity index (χ4v) is 4.20. The van der Waals surface area contributed by atoms with Gasteiger partial charge in [-0.15, -0.1) is 0 Å². The summed E-state index contributed by atoms with van der Waals surface area (Å²) in [4.78, 5) is 28.4. The van der Waals surface area contributed by atoms with Crippen LogP contribution in [-0.2, 0) is 16.0 Å². The highest BCUT2D eigenvalue weighted by atomic mass is 16.5. The molecule has 0 saturated carbocycles. The number of hydrogen-bond acceptors (Lipinski definition) is 4. The van der Waals surface area contributed by atoms with Crippen molar-refractivity contribution >= 4 is 17.7 Å². The molecule has 0 fully saturated rings. The minimum Gasteiger partial charge on any atom is -0.497 e. The molecule has 1 aromatic rings. The normalized spacial score (nSPS) is 31.8. The lowest BCUT2D eigenvalue weighted by Gasteiger charge is -2.42. The number of rotatable bonds is 3. The molecule has 2 aliphatic rings. The van der Waals surface area contributed by atoms with Crippen molar-refractivity contribution in [2.75, 3.05) is 7.11 Å². The third kappa shape index (κ3) is 1.97. The van der Waals surface area contributed by atoms with Gasteiger partial charge in [-0.2, -0.15) is 0 Å². The van der Waals surface area contributed by atoms with Crippen LogP contribution in [0.25, 0.3) is 0 Å². The quantitative estimate of drug-likeness (QED) is 0.888. The number of carboxylic acid groups (broad SMARTS) is 2. The molecule has 0 radical (unpaired) electrons. The summed E-state index contributed by atoms with van der Waals surface area (Å²) in [7, 11) is 1.55. The van der Waals surface area contributed by atoms with E-state index in [9.17, 15) is 19.8 Å². The van der Waals surface area contributed by atoms with E-state index >= 15 is 0 Å². The van der Waals surface area contributed by atoms with Crippen LogP contribution in [0.3, 0.4) is 0 Å². The van der Waals surface area contributed by atoms with Gasteiger partial charge in [0.1, 0.15) is 17.1 Å². The van der Waals surface area contributed by atoms with E-state index in [1.165, 1.54) is 0 Å². The van der Waals surface area contributed by atoms with Crippen LogP contribution >= 0.6 is 0 Å². The van der Waals surface area contributed by atoms with Gasteiger partial charge in [0.15, 0.2) is 0 Å². The van der Waals surface area contributed by atoms with Gasteiger partial charge in [-0.05, 0) is 43.5 Å². The molecule has 0 spiro atoms. The molecule has 1 aliphatic carbocycles. The molecule has 1 aliphatic heterocycles. The summed E-state index contributed by atoms with van der Waals surface area (Å²) < 4.78 is 5.22. The van der Waals surface area contributed by atoms with E-state index in [0.29, 0.717) is 11.5 Å². The SMILES string of the molecule is COc1ccc2c(c1)CC1(C(=O)O)C(C)N=C(C)C(C(=O)O)C21. The van der Waals surface area contributed by atoms with Crippen LogP contribution < -0.4 is 4.74 Å². The summed E-state index contributed by atoms with van der Waals surface area (Å²) in [5, 5.41) is 19.6. The maximum absolute atomic E-state index is 12.2. The summed E-state index contributed by atoms with van der Waals surface area (Å²) in [5.41, 5.74) is 0.870. The largest absolute Gasteiger partial charge is 0.497 e. The Morgan fingerprint density at radius 2 is 2.04 bits per heavy atom. The van der Waals surface area contributed by atoms with E-state index in [0.717, 1.165) is 11.1 Å². The molecule has 4 atom stereocenters. The lowest BCUT2D eigenvalue weighted by Crippen LogP contribution is -2.52. The molecule has 4 unspecified atom stereocenters. The number of fused-ring (bicyclic) bond motifs is 3. The molecule has 0 saturated heterocycles. The van der Waals surface area contributed by atoms with Gasteiger partial charge in [0.05, 0.1) is 13.2 Å². The van der Waals surface area contributed by atoms with Crippen LogP contribution in [0.1, 0.15) is 30.9 Å². The van der Waals surface area contributed by atoms with E-state index in [1.807, 2.05) is 0 Å². The number of benzene rings is 1. The summed E-state index contributed by atoms with van der Waals surface area (Å²) in [6.45, 7) is 3.42. The Balaban J connectivity index is 2.25. The molecule has 0 amide bonds. The first-order chi connectivity index (χ1) is 10.8. The van der Waals surface area contributed by atoms with E-state index in [4.69, 9.17) is 4.74 Å². The highest BCUT2D eigenvalue weighted by Gasteiger charge is 2.62. The third-order valence-corrected chi connectivity index (χ3v) is 5.31. The number of carbonyl (C=O) groups is 2. The fraction of sp³-hybridized carbons (Fsp3) is 0.471. The number of nitrogens with zero attached hydrogens (tertiary/aromatic N) is 1. The summed E-state index contributed by atoms with van der Waals surface area (Å²) in [5.74, 6) is -2.92. The number of methoxy groups -OCH3 is 1. The Bertz CT molecular complexity index is 726. The van der Waals surface area contributed by atoms with E-state index in [-0.39, 0.29) is 6.42 Å². The van der Waals surface area contributed by atoms with Crippen molar-refractivity contribution in [3.8, 4) is 5.75 Å². The van der Waals surface area contributed by atoms with Crippen LogP contribution in [0.15, 0.2) is 23.2 Å². The zero-order chi connectivity index (χ0) is 16.9. The van der Waals surface area contributed by atoms with Crippen LogP contribution in [-0.4, -0.2) is 41.0 Å². The first-order valence-corrected chi connectivity index (χ1v) is 7.50. The Labute approximate surface area is 133 Å². The smallest absolute Gasteiger partial charge is 0.312 e. The Morgan fingerprint density at radius 3 is 2.61 bits per heavy atom. The maximum Gasteiger partial charge on any atom is 0.312 e. The van der Waals surface area contributed by atoms with Gasteiger partial charge in [-0.3, -0.25) is 14.6 Å². The Kier molecular flexibility index (Phi) is 3.43. The van der Waals surface area contributed by atoms with Crippen molar-refractivity contribution in [3.05, 3.63) is 29.3 Å². The predicted molar refractivity (Wildman–Crippen MR) is 83.2 cm³/mol. The zero-order valence-electron chi connectivity index (χ0n) is 13.2. The molecule has 0 bridgehead atoms. The van der Waals surface area contributed by atoms with Gasteiger partial charge < -0.3 is 14.9 Å². The molecular weight excluding hydrogens is 298 g/mol. The second-order valence-electron chi connectivity index (χ2n) is 6.33. The molecule has 122 valence electrons. The van der Waals surface area contributed by atoms with Gasteiger partial charge in [-0.1, -0.05) is 6.07 Å². The molecule has 1 heterocycles. The van der Waals surface area contributed by atoms with Crippen molar-refractivity contribution in [1.82, 2.24) is 0 Å². The lowest BCUT2D eigenvalue weighted by molar-refractivity contribution is -0.154. The Morgan fingerprint density at radius 1 is 1.35 bits per heavy atom. The van der Waals surface area contributed by atoms with Crippen LogP contribution in [0.4, 0.5) is 0 Å². The van der Waals surface area contributed by atoms with Crippen LogP contribution in [0, 0.1) is 11.3 Å². The standard InChI is InChI=1S/C17H19NO5/c1-8-13(15(19)20)14-12-5-4-11(23-3)6-10(12)7-17(14,16(21)22)9(2)18-8/h4-6,9,13-14H,7H2,1-3H3,(H,19,20)(H,21,22). The van der Waals surface area contributed by atoms with Crippen molar-refractivity contribution in [3.63, 3.8) is 0 Å². The number of aliphatic imine (C=N–C) groups is 1. The van der Waals surface area contributed by atoms with Crippen LogP contribution in [0.2, 0.25) is 0 Å². The van der Waals surface area contributed by atoms with E-state index in [1.54, 1.807) is 39.2 Å². The lowest BCUT2D eigenvalue weighted by atomic mass is 9.63. The molecule has 6 nitrogen and oxygen atoms in total. The highest BCUT2D eigenvalue weighted by molar-refractivity contribution is 6.04. The third-order valence-electron chi connectivity index (χ3n) is 5.31. The number of hydrogen-bond donors (Lipinski definition) is 2. The monoisotopic (exact) mass is 317 g/mol.